The van der Waals surface area contributed by atoms with Crippen LogP contribution in [0.15, 0.2) is 70.0 Å². The predicted octanol–water partition coefficient (Wildman–Crippen LogP) is 5.83. The molecular weight excluding hydrogens is 612 g/mol. The van der Waals surface area contributed by atoms with E-state index in [-0.39, 0.29) is 10.8 Å². The van der Waals surface area contributed by atoms with Gasteiger partial charge in [-0.1, -0.05) is 24.3 Å². The van der Waals surface area contributed by atoms with E-state index < -0.39 is 10.0 Å². The van der Waals surface area contributed by atoms with E-state index in [1.807, 2.05) is 24.3 Å². The molecule has 4 aromatic rings. The van der Waals surface area contributed by atoms with Gasteiger partial charge >= 0.3 is 0 Å². The van der Waals surface area contributed by atoms with E-state index >= 15 is 0 Å². The molecule has 4 aromatic carbocycles. The highest BCUT2D eigenvalue weighted by Gasteiger charge is 2.27. The molecule has 11 heteroatoms. The number of fused-ring (bicyclic) bond motifs is 1. The molecule has 0 aliphatic heterocycles. The first-order chi connectivity index (χ1) is 19.5. The maximum atomic E-state index is 13.9. The van der Waals surface area contributed by atoms with Crippen LogP contribution in [0.4, 0.5) is 5.69 Å². The number of halogens is 1. The number of hydrogen-bond acceptors (Lipinski definition) is 7. The fourth-order valence-electron chi connectivity index (χ4n) is 4.68. The van der Waals surface area contributed by atoms with Crippen molar-refractivity contribution in [2.24, 2.45) is 0 Å². The molecule has 0 bridgehead atoms. The first-order valence-corrected chi connectivity index (χ1v) is 14.6. The minimum absolute atomic E-state index is 0.168. The molecule has 4 rings (SSSR count). The van der Waals surface area contributed by atoms with E-state index in [0.29, 0.717) is 49.8 Å². The Bertz CT molecular complexity index is 1720. The Balaban J connectivity index is 1.94. The van der Waals surface area contributed by atoms with Gasteiger partial charge in [0.1, 0.15) is 0 Å². The van der Waals surface area contributed by atoms with Crippen LogP contribution >= 0.6 is 15.9 Å². The molecule has 0 atom stereocenters. The highest BCUT2D eigenvalue weighted by atomic mass is 79.9. The molecule has 0 N–H and O–H groups in total. The van der Waals surface area contributed by atoms with Crippen molar-refractivity contribution in [3.63, 3.8) is 0 Å². The van der Waals surface area contributed by atoms with Crippen LogP contribution < -0.4 is 23.8 Å². The van der Waals surface area contributed by atoms with Crippen molar-refractivity contribution < 1.29 is 32.2 Å². The Hall–Kier alpha value is -3.80. The van der Waals surface area contributed by atoms with Crippen molar-refractivity contribution in [2.75, 3.05) is 54.5 Å². The monoisotopic (exact) mass is 642 g/mol. The summed E-state index contributed by atoms with van der Waals surface area (Å²) in [5.41, 5.74) is 2.33. The Morgan fingerprint density at radius 2 is 1.39 bits per heavy atom. The molecule has 9 nitrogen and oxygen atoms in total. The largest absolute Gasteiger partial charge is 0.493 e. The smallest absolute Gasteiger partial charge is 0.263 e. The van der Waals surface area contributed by atoms with Crippen molar-refractivity contribution >= 4 is 48.3 Å². The summed E-state index contributed by atoms with van der Waals surface area (Å²) in [6.07, 6.45) is 0. The molecule has 216 valence electrons. The summed E-state index contributed by atoms with van der Waals surface area (Å²) in [5.74, 6) is 1.35. The van der Waals surface area contributed by atoms with Gasteiger partial charge in [0.05, 0.1) is 44.6 Å². The number of methoxy groups -OCH3 is 4. The van der Waals surface area contributed by atoms with E-state index in [9.17, 15) is 13.2 Å². The van der Waals surface area contributed by atoms with E-state index in [2.05, 4.69) is 15.9 Å². The van der Waals surface area contributed by atoms with Crippen molar-refractivity contribution in [1.82, 2.24) is 4.31 Å². The molecule has 0 radical (unpaired) electrons. The van der Waals surface area contributed by atoms with Crippen LogP contribution in [0.2, 0.25) is 0 Å². The zero-order chi connectivity index (χ0) is 30.1. The van der Waals surface area contributed by atoms with Gasteiger partial charge in [-0.15, -0.1) is 0 Å². The Morgan fingerprint density at radius 3 is 1.95 bits per heavy atom. The predicted molar refractivity (Wildman–Crippen MR) is 163 cm³/mol. The molecule has 0 fully saturated rings. The summed E-state index contributed by atoms with van der Waals surface area (Å²) in [6.45, 7) is 0. The average Bonchev–Trinajstić information content (AvgIpc) is 2.98. The fraction of sp³-hybridized carbons (Fsp3) is 0.233. The molecule has 0 saturated heterocycles. The summed E-state index contributed by atoms with van der Waals surface area (Å²) in [5, 5.41) is 1.50. The molecule has 0 saturated carbocycles. The number of hydrogen-bond donors (Lipinski definition) is 0. The third-order valence-corrected chi connectivity index (χ3v) is 9.29. The second-order valence-corrected chi connectivity index (χ2v) is 12.2. The lowest BCUT2D eigenvalue weighted by molar-refractivity contribution is 0.0989. The van der Waals surface area contributed by atoms with Gasteiger partial charge in [0, 0.05) is 36.6 Å². The normalized spacial score (nSPS) is 11.4. The summed E-state index contributed by atoms with van der Waals surface area (Å²) in [4.78, 5) is 15.6. The highest BCUT2D eigenvalue weighted by molar-refractivity contribution is 9.10. The molecule has 0 unspecified atom stereocenters. The van der Waals surface area contributed by atoms with Crippen molar-refractivity contribution in [1.29, 1.82) is 0 Å². The molecule has 0 aromatic heterocycles. The maximum Gasteiger partial charge on any atom is 0.263 e. The second-order valence-electron chi connectivity index (χ2n) is 9.19. The number of nitrogens with zero attached hydrogens (tertiary/aromatic N) is 2. The average molecular weight is 644 g/mol. The van der Waals surface area contributed by atoms with Gasteiger partial charge < -0.3 is 23.8 Å². The highest BCUT2D eigenvalue weighted by Crippen LogP contribution is 2.47. The van der Waals surface area contributed by atoms with Crippen LogP contribution in [0.5, 0.6) is 23.0 Å². The standard InChI is InChI=1S/C30H31BrN2O7S/c1-32(2)41(35,36)19-13-11-18(12-14-19)26-20-9-8-10-23(21(20)17-25(38-5)29(26)40-7)33(3)30(34)27-22(31)15-16-24(37-4)28(27)39-6/h8-17H,1-7H3. The first-order valence-electron chi connectivity index (χ1n) is 12.4. The van der Waals surface area contributed by atoms with Gasteiger partial charge in [0.25, 0.3) is 5.91 Å². The second kappa shape index (κ2) is 12.0. The number of rotatable bonds is 9. The first kappa shape index (κ1) is 30.2. The number of anilines is 1. The van der Waals surface area contributed by atoms with Crippen molar-refractivity contribution in [3.8, 4) is 34.1 Å². The molecule has 0 heterocycles. The summed E-state index contributed by atoms with van der Waals surface area (Å²) < 4.78 is 49.5. The Kier molecular flexibility index (Phi) is 8.81. The van der Waals surface area contributed by atoms with Gasteiger partial charge in [-0.3, -0.25) is 4.79 Å². The van der Waals surface area contributed by atoms with Crippen LogP contribution in [0, 0.1) is 0 Å². The van der Waals surface area contributed by atoms with Gasteiger partial charge in [0.15, 0.2) is 23.0 Å². The summed E-state index contributed by atoms with van der Waals surface area (Å²) in [7, 11) is 7.13. The zero-order valence-electron chi connectivity index (χ0n) is 23.8. The molecule has 0 aliphatic rings. The van der Waals surface area contributed by atoms with E-state index in [4.69, 9.17) is 18.9 Å². The molecule has 0 aliphatic carbocycles. The Labute approximate surface area is 248 Å². The molecular formula is C30H31BrN2O7S. The Morgan fingerprint density at radius 1 is 0.756 bits per heavy atom. The van der Waals surface area contributed by atoms with Gasteiger partial charge in [0.2, 0.25) is 10.0 Å². The lowest BCUT2D eigenvalue weighted by atomic mass is 9.95. The van der Waals surface area contributed by atoms with E-state index in [0.717, 1.165) is 10.8 Å². The maximum absolute atomic E-state index is 13.9. The van der Waals surface area contributed by atoms with E-state index in [1.165, 1.54) is 44.6 Å². The summed E-state index contributed by atoms with van der Waals surface area (Å²) >= 11 is 3.49. The molecule has 0 spiro atoms. The van der Waals surface area contributed by atoms with Gasteiger partial charge in [-0.2, -0.15) is 0 Å². The van der Waals surface area contributed by atoms with Crippen molar-refractivity contribution in [2.45, 2.75) is 4.90 Å². The lowest BCUT2D eigenvalue weighted by Gasteiger charge is -2.24. The fourth-order valence-corrected chi connectivity index (χ4v) is 6.07. The van der Waals surface area contributed by atoms with Gasteiger partial charge in [-0.25, -0.2) is 12.7 Å². The molecule has 41 heavy (non-hydrogen) atoms. The topological polar surface area (TPSA) is 94.6 Å². The number of sulfonamides is 1. The van der Waals surface area contributed by atoms with E-state index in [1.54, 1.807) is 50.6 Å². The summed E-state index contributed by atoms with van der Waals surface area (Å²) in [6, 6.07) is 17.4. The zero-order valence-corrected chi connectivity index (χ0v) is 26.2. The van der Waals surface area contributed by atoms with Gasteiger partial charge in [-0.05, 0) is 63.3 Å². The number of carbonyl (C=O) groups is 1. The minimum Gasteiger partial charge on any atom is -0.493 e. The molecule has 1 amide bonds. The van der Waals surface area contributed by atoms with Crippen LogP contribution in [0.1, 0.15) is 10.4 Å². The SMILES string of the molecule is COc1ccc(Br)c(C(=O)N(C)c2cccc3c(-c4ccc(S(=O)(=O)N(C)C)cc4)c(OC)c(OC)cc23)c1OC. The number of amides is 1. The quantitative estimate of drug-likeness (QED) is 0.227. The van der Waals surface area contributed by atoms with Crippen molar-refractivity contribution in [3.05, 3.63) is 70.7 Å². The lowest BCUT2D eigenvalue weighted by Crippen LogP contribution is -2.27. The number of benzene rings is 4. The third-order valence-electron chi connectivity index (χ3n) is 6.80. The minimum atomic E-state index is -3.60. The third kappa shape index (κ3) is 5.32. The van der Waals surface area contributed by atoms with Crippen LogP contribution in [0.25, 0.3) is 21.9 Å². The van der Waals surface area contributed by atoms with Crippen LogP contribution in [-0.4, -0.2) is 68.2 Å². The number of carbonyl (C=O) groups excluding carboxylic acids is 1. The van der Waals surface area contributed by atoms with Crippen LogP contribution in [0.3, 0.4) is 0 Å². The van der Waals surface area contributed by atoms with Crippen LogP contribution in [-0.2, 0) is 10.0 Å². The number of ether oxygens (including phenoxy) is 4.